The van der Waals surface area contributed by atoms with Crippen LogP contribution in [-0.2, 0) is 13.5 Å². The van der Waals surface area contributed by atoms with E-state index in [2.05, 4.69) is 31.3 Å². The summed E-state index contributed by atoms with van der Waals surface area (Å²) in [6.45, 7) is 0. The van der Waals surface area contributed by atoms with Crippen LogP contribution in [0, 0.1) is 0 Å². The second-order valence-corrected chi connectivity index (χ2v) is 4.66. The van der Waals surface area contributed by atoms with Gasteiger partial charge in [0.05, 0.1) is 20.3 Å². The van der Waals surface area contributed by atoms with Crippen molar-refractivity contribution in [2.45, 2.75) is 12.5 Å². The van der Waals surface area contributed by atoms with E-state index in [1.54, 1.807) is 20.2 Å². The lowest BCUT2D eigenvalue weighted by molar-refractivity contribution is 0.174. The molecule has 0 bridgehead atoms. The average molecular weight is 313 g/mol. The van der Waals surface area contributed by atoms with Crippen LogP contribution < -0.4 is 4.74 Å². The normalized spacial score (nSPS) is 12.4. The number of tetrazole rings is 1. The van der Waals surface area contributed by atoms with Gasteiger partial charge in [-0.05, 0) is 29.0 Å². The summed E-state index contributed by atoms with van der Waals surface area (Å²) in [7, 11) is 3.27. The van der Waals surface area contributed by atoms with E-state index in [1.165, 1.54) is 4.80 Å². The Labute approximate surface area is 113 Å². The van der Waals surface area contributed by atoms with Gasteiger partial charge in [0, 0.05) is 10.9 Å². The summed E-state index contributed by atoms with van der Waals surface area (Å²) in [5.74, 6) is 1.19. The summed E-state index contributed by atoms with van der Waals surface area (Å²) < 4.78 is 5.95. The number of aryl methyl sites for hydroxylation is 1. The molecule has 0 saturated carbocycles. The third kappa shape index (κ3) is 2.85. The number of aliphatic hydroxyl groups excluding tert-OH is 1. The zero-order valence-corrected chi connectivity index (χ0v) is 11.6. The Morgan fingerprint density at radius 1 is 1.50 bits per heavy atom. The summed E-state index contributed by atoms with van der Waals surface area (Å²) in [5.41, 5.74) is 0.738. The van der Waals surface area contributed by atoms with Gasteiger partial charge >= 0.3 is 0 Å². The van der Waals surface area contributed by atoms with Gasteiger partial charge in [-0.2, -0.15) is 4.80 Å². The molecule has 0 radical (unpaired) electrons. The number of ether oxygens (including phenoxy) is 1. The molecule has 2 aromatic rings. The van der Waals surface area contributed by atoms with Crippen molar-refractivity contribution >= 4 is 15.9 Å². The molecule has 0 aliphatic rings. The molecule has 0 spiro atoms. The van der Waals surface area contributed by atoms with Crippen LogP contribution in [0.4, 0.5) is 0 Å². The lowest BCUT2D eigenvalue weighted by Gasteiger charge is -2.12. The van der Waals surface area contributed by atoms with Gasteiger partial charge in [0.1, 0.15) is 5.75 Å². The van der Waals surface area contributed by atoms with E-state index in [4.69, 9.17) is 4.74 Å². The quantitative estimate of drug-likeness (QED) is 0.920. The number of methoxy groups -OCH3 is 1. The average Bonchev–Trinajstić information content (AvgIpc) is 2.75. The molecule has 0 fully saturated rings. The highest BCUT2D eigenvalue weighted by Gasteiger charge is 2.15. The zero-order chi connectivity index (χ0) is 13.1. The fourth-order valence-electron chi connectivity index (χ4n) is 1.59. The highest BCUT2D eigenvalue weighted by molar-refractivity contribution is 9.10. The number of hydrogen-bond acceptors (Lipinski definition) is 5. The topological polar surface area (TPSA) is 73.1 Å². The molecule has 2 rings (SSSR count). The lowest BCUT2D eigenvalue weighted by atomic mass is 10.1. The van der Waals surface area contributed by atoms with Gasteiger partial charge in [-0.15, -0.1) is 10.2 Å². The molecule has 0 aliphatic carbocycles. The summed E-state index contributed by atoms with van der Waals surface area (Å²) in [6.07, 6.45) is -0.404. The van der Waals surface area contributed by atoms with Gasteiger partial charge in [0.15, 0.2) is 5.82 Å². The molecule has 18 heavy (non-hydrogen) atoms. The van der Waals surface area contributed by atoms with Gasteiger partial charge in [-0.25, -0.2) is 0 Å². The molecule has 0 saturated heterocycles. The van der Waals surface area contributed by atoms with Gasteiger partial charge in [0.25, 0.3) is 0 Å². The molecule has 0 aliphatic heterocycles. The van der Waals surface area contributed by atoms with Crippen molar-refractivity contribution in [3.8, 4) is 5.75 Å². The maximum absolute atomic E-state index is 10.2. The molecule has 1 N–H and O–H groups in total. The van der Waals surface area contributed by atoms with E-state index in [1.807, 2.05) is 12.1 Å². The number of hydrogen-bond donors (Lipinski definition) is 1. The Bertz CT molecular complexity index is 544. The second kappa shape index (κ2) is 5.45. The molecule has 6 nitrogen and oxygen atoms in total. The van der Waals surface area contributed by atoms with Crippen LogP contribution in [0.15, 0.2) is 22.7 Å². The molecule has 0 amide bonds. The first-order valence-corrected chi connectivity index (χ1v) is 6.14. The van der Waals surface area contributed by atoms with E-state index in [0.717, 1.165) is 10.0 Å². The minimum Gasteiger partial charge on any atom is -0.497 e. The number of nitrogens with zero attached hydrogens (tertiary/aromatic N) is 4. The Hall–Kier alpha value is -1.47. The molecule has 1 aromatic heterocycles. The molecule has 1 heterocycles. The van der Waals surface area contributed by atoms with Crippen molar-refractivity contribution in [3.63, 3.8) is 0 Å². The monoisotopic (exact) mass is 312 g/mol. The number of halogens is 1. The van der Waals surface area contributed by atoms with Gasteiger partial charge in [-0.3, -0.25) is 0 Å². The molecular formula is C11H13BrN4O2. The van der Waals surface area contributed by atoms with Gasteiger partial charge in [-0.1, -0.05) is 15.9 Å². The van der Waals surface area contributed by atoms with E-state index >= 15 is 0 Å². The van der Waals surface area contributed by atoms with E-state index in [0.29, 0.717) is 18.0 Å². The molecule has 96 valence electrons. The van der Waals surface area contributed by atoms with Crippen LogP contribution in [0.2, 0.25) is 0 Å². The highest BCUT2D eigenvalue weighted by Crippen LogP contribution is 2.29. The third-order valence-corrected chi connectivity index (χ3v) is 3.21. The van der Waals surface area contributed by atoms with E-state index < -0.39 is 6.10 Å². The minimum absolute atomic E-state index is 0.305. The lowest BCUT2D eigenvalue weighted by Crippen LogP contribution is -2.05. The Morgan fingerprint density at radius 3 is 2.89 bits per heavy atom. The van der Waals surface area contributed by atoms with Crippen LogP contribution in [0.1, 0.15) is 17.5 Å². The first-order chi connectivity index (χ1) is 8.60. The Balaban J connectivity index is 2.20. The predicted molar refractivity (Wildman–Crippen MR) is 68.2 cm³/mol. The van der Waals surface area contributed by atoms with E-state index in [9.17, 15) is 5.11 Å². The van der Waals surface area contributed by atoms with Crippen LogP contribution in [0.3, 0.4) is 0 Å². The first-order valence-electron chi connectivity index (χ1n) is 5.34. The number of benzene rings is 1. The van der Waals surface area contributed by atoms with Crippen molar-refractivity contribution in [3.05, 3.63) is 34.1 Å². The van der Waals surface area contributed by atoms with Gasteiger partial charge in [0.2, 0.25) is 0 Å². The standard InChI is InChI=1S/C11H13BrN4O2/c1-16-14-11(13-15-16)6-10(17)8-5-7(18-2)3-4-9(8)12/h3-5,10,17H,6H2,1-2H3. The molecule has 1 aromatic carbocycles. The van der Waals surface area contributed by atoms with E-state index in [-0.39, 0.29) is 0 Å². The van der Waals surface area contributed by atoms with Crippen LogP contribution >= 0.6 is 15.9 Å². The van der Waals surface area contributed by atoms with Crippen LogP contribution in [0.25, 0.3) is 0 Å². The fourth-order valence-corrected chi connectivity index (χ4v) is 2.10. The second-order valence-electron chi connectivity index (χ2n) is 3.80. The SMILES string of the molecule is COc1ccc(Br)c(C(O)Cc2nnn(C)n2)c1. The molecular weight excluding hydrogens is 300 g/mol. The van der Waals surface area contributed by atoms with Crippen LogP contribution in [-0.4, -0.2) is 32.4 Å². The summed E-state index contributed by atoms with van der Waals surface area (Å²) in [5, 5.41) is 21.8. The van der Waals surface area contributed by atoms with Gasteiger partial charge < -0.3 is 9.84 Å². The third-order valence-electron chi connectivity index (χ3n) is 2.49. The number of aliphatic hydroxyl groups is 1. The number of aromatic nitrogens is 4. The molecule has 7 heteroatoms. The summed E-state index contributed by atoms with van der Waals surface area (Å²) in [6, 6.07) is 5.44. The Morgan fingerprint density at radius 2 is 2.28 bits per heavy atom. The highest BCUT2D eigenvalue weighted by atomic mass is 79.9. The summed E-state index contributed by atoms with van der Waals surface area (Å²) in [4.78, 5) is 1.36. The van der Waals surface area contributed by atoms with Crippen molar-refractivity contribution in [2.75, 3.05) is 7.11 Å². The molecule has 1 unspecified atom stereocenters. The van der Waals surface area contributed by atoms with Crippen molar-refractivity contribution < 1.29 is 9.84 Å². The Kier molecular flexibility index (Phi) is 3.93. The zero-order valence-electron chi connectivity index (χ0n) is 10.0. The van der Waals surface area contributed by atoms with Crippen LogP contribution in [0.5, 0.6) is 5.75 Å². The van der Waals surface area contributed by atoms with Crippen molar-refractivity contribution in [1.82, 2.24) is 20.2 Å². The maximum atomic E-state index is 10.2. The van der Waals surface area contributed by atoms with Crippen molar-refractivity contribution in [1.29, 1.82) is 0 Å². The maximum Gasteiger partial charge on any atom is 0.177 e. The number of rotatable bonds is 4. The molecule has 1 atom stereocenters. The van der Waals surface area contributed by atoms with Crippen molar-refractivity contribution in [2.24, 2.45) is 7.05 Å². The smallest absolute Gasteiger partial charge is 0.177 e. The summed E-state index contributed by atoms with van der Waals surface area (Å²) >= 11 is 3.40. The largest absolute Gasteiger partial charge is 0.497 e. The fraction of sp³-hybridized carbons (Fsp3) is 0.364. The minimum atomic E-state index is -0.710. The predicted octanol–water partition coefficient (Wildman–Crippen LogP) is 1.26. The first kappa shape index (κ1) is 13.0.